The first kappa shape index (κ1) is 34.0. The largest absolute Gasteiger partial charge is 0.415 e. The average Bonchev–Trinajstić information content (AvgIpc) is 3.75. The molecular formula is C36H50N6O2Si2. The lowest BCUT2D eigenvalue weighted by Crippen LogP contribution is -2.44. The molecule has 10 heteroatoms. The van der Waals surface area contributed by atoms with Gasteiger partial charge in [0.2, 0.25) is 0 Å². The molecule has 0 bridgehead atoms. The number of fused-ring (bicyclic) bond motifs is 1. The first-order valence-electron chi connectivity index (χ1n) is 16.4. The molecule has 4 aromatic rings. The van der Waals surface area contributed by atoms with Crippen molar-refractivity contribution in [3.8, 4) is 17.3 Å². The van der Waals surface area contributed by atoms with E-state index < -0.39 is 16.6 Å². The molecule has 46 heavy (non-hydrogen) atoms. The van der Waals surface area contributed by atoms with Gasteiger partial charge < -0.3 is 18.7 Å². The fourth-order valence-electron chi connectivity index (χ4n) is 4.85. The number of aromatic nitrogens is 4. The van der Waals surface area contributed by atoms with Gasteiger partial charge in [0.1, 0.15) is 11.6 Å². The van der Waals surface area contributed by atoms with Gasteiger partial charge in [-0.05, 0) is 97.0 Å². The third kappa shape index (κ3) is 7.60. The van der Waals surface area contributed by atoms with E-state index >= 15 is 0 Å². The zero-order chi connectivity index (χ0) is 33.5. The number of pyridine rings is 2. The summed E-state index contributed by atoms with van der Waals surface area (Å²) in [7, 11) is -3.95. The summed E-state index contributed by atoms with van der Waals surface area (Å²) < 4.78 is 15.8. The van der Waals surface area contributed by atoms with Crippen molar-refractivity contribution in [1.82, 2.24) is 19.5 Å². The number of anilines is 2. The lowest BCUT2D eigenvalue weighted by Gasteiger charge is -2.39. The molecule has 0 aliphatic heterocycles. The molecule has 0 unspecified atom stereocenters. The van der Waals surface area contributed by atoms with Gasteiger partial charge in [-0.3, -0.25) is 0 Å². The van der Waals surface area contributed by atoms with Crippen molar-refractivity contribution in [2.75, 3.05) is 18.5 Å². The summed E-state index contributed by atoms with van der Waals surface area (Å²) in [5, 5.41) is 12.9. The molecule has 0 radical (unpaired) electrons. The third-order valence-electron chi connectivity index (χ3n) is 10.2. The molecule has 1 fully saturated rings. The van der Waals surface area contributed by atoms with E-state index in [4.69, 9.17) is 18.8 Å². The van der Waals surface area contributed by atoms with Crippen LogP contribution in [0.3, 0.4) is 0 Å². The topological polar surface area (TPSA) is 97.9 Å². The van der Waals surface area contributed by atoms with Crippen molar-refractivity contribution >= 4 is 39.3 Å². The molecule has 244 valence electrons. The van der Waals surface area contributed by atoms with Gasteiger partial charge in [-0.2, -0.15) is 5.26 Å². The summed E-state index contributed by atoms with van der Waals surface area (Å²) in [5.41, 5.74) is 5.69. The number of nitrogens with zero attached hydrogens (tertiary/aromatic N) is 5. The molecule has 5 rings (SSSR count). The second-order valence-electron chi connectivity index (χ2n) is 15.8. The maximum Gasteiger partial charge on any atom is 0.192 e. The van der Waals surface area contributed by atoms with Gasteiger partial charge in [0.05, 0.1) is 53.9 Å². The number of benzene rings is 1. The summed E-state index contributed by atoms with van der Waals surface area (Å²) in [6.45, 7) is 24.1. The maximum atomic E-state index is 9.32. The smallest absolute Gasteiger partial charge is 0.192 e. The van der Waals surface area contributed by atoms with Crippen LogP contribution in [0.25, 0.3) is 22.3 Å². The van der Waals surface area contributed by atoms with Crippen LogP contribution in [-0.2, 0) is 8.85 Å². The SMILES string of the molecule is CC(C)(C)[Si](C)(C)OCC(CO[Si](C)(C)C(C)(C)C)n1cnc2cc(-c3cc(C4CC4)cc(Nc4cc(C#N)ccn4)n3)ccc21. The van der Waals surface area contributed by atoms with Crippen molar-refractivity contribution in [2.45, 2.75) is 103 Å². The molecule has 1 aliphatic rings. The zero-order valence-corrected chi connectivity index (χ0v) is 31.2. The highest BCUT2D eigenvalue weighted by molar-refractivity contribution is 6.74. The van der Waals surface area contributed by atoms with E-state index in [2.05, 4.69) is 119 Å². The quantitative estimate of drug-likeness (QED) is 0.161. The van der Waals surface area contributed by atoms with Crippen molar-refractivity contribution in [2.24, 2.45) is 0 Å². The van der Waals surface area contributed by atoms with E-state index in [1.807, 2.05) is 6.33 Å². The van der Waals surface area contributed by atoms with E-state index in [0.717, 1.165) is 28.1 Å². The number of nitriles is 1. The van der Waals surface area contributed by atoms with Gasteiger partial charge in [-0.15, -0.1) is 0 Å². The Morgan fingerprint density at radius 2 is 1.54 bits per heavy atom. The first-order valence-corrected chi connectivity index (χ1v) is 22.2. The molecule has 3 heterocycles. The van der Waals surface area contributed by atoms with Crippen LogP contribution in [0.1, 0.15) is 77.5 Å². The minimum absolute atomic E-state index is 0.00268. The summed E-state index contributed by atoms with van der Waals surface area (Å²) in [5.74, 6) is 1.87. The normalized spacial score (nSPS) is 14.6. The van der Waals surface area contributed by atoms with Gasteiger partial charge in [-0.1, -0.05) is 47.6 Å². The molecule has 0 atom stereocenters. The monoisotopic (exact) mass is 654 g/mol. The fourth-order valence-corrected chi connectivity index (χ4v) is 6.93. The van der Waals surface area contributed by atoms with E-state index in [-0.39, 0.29) is 16.1 Å². The Bertz CT molecular complexity index is 1710. The highest BCUT2D eigenvalue weighted by Crippen LogP contribution is 2.43. The number of imidazole rings is 1. The second-order valence-corrected chi connectivity index (χ2v) is 25.4. The molecule has 0 amide bonds. The van der Waals surface area contributed by atoms with Gasteiger partial charge in [-0.25, -0.2) is 15.0 Å². The van der Waals surface area contributed by atoms with Crippen molar-refractivity contribution in [3.63, 3.8) is 0 Å². The summed E-state index contributed by atoms with van der Waals surface area (Å²) in [6.07, 6.45) is 5.95. The molecule has 0 saturated heterocycles. The van der Waals surface area contributed by atoms with Gasteiger partial charge in [0, 0.05) is 11.8 Å². The highest BCUT2D eigenvalue weighted by atomic mass is 28.4. The molecular weight excluding hydrogens is 605 g/mol. The minimum Gasteiger partial charge on any atom is -0.415 e. The Kier molecular flexibility index (Phi) is 9.37. The summed E-state index contributed by atoms with van der Waals surface area (Å²) in [4.78, 5) is 14.2. The average molecular weight is 655 g/mol. The lowest BCUT2D eigenvalue weighted by atomic mass is 10.1. The number of nitrogens with one attached hydrogen (secondary N) is 1. The van der Waals surface area contributed by atoms with Crippen LogP contribution < -0.4 is 5.32 Å². The molecule has 8 nitrogen and oxygen atoms in total. The Morgan fingerprint density at radius 3 is 2.13 bits per heavy atom. The molecule has 1 aromatic carbocycles. The molecule has 3 aromatic heterocycles. The van der Waals surface area contributed by atoms with Gasteiger partial charge >= 0.3 is 0 Å². The van der Waals surface area contributed by atoms with Crippen molar-refractivity contribution in [3.05, 3.63) is 66.1 Å². The van der Waals surface area contributed by atoms with Crippen LogP contribution in [0.15, 0.2) is 55.0 Å². The third-order valence-corrected chi connectivity index (χ3v) is 19.2. The number of hydrogen-bond donors (Lipinski definition) is 1. The van der Waals surface area contributed by atoms with Crippen molar-refractivity contribution < 1.29 is 8.85 Å². The maximum absolute atomic E-state index is 9.32. The Balaban J connectivity index is 1.46. The Hall–Kier alpha value is -3.37. The fraction of sp³-hybridized carbons (Fsp3) is 0.500. The molecule has 1 aliphatic carbocycles. The Morgan fingerprint density at radius 1 is 0.891 bits per heavy atom. The second kappa shape index (κ2) is 12.7. The van der Waals surface area contributed by atoms with E-state index in [9.17, 15) is 5.26 Å². The molecule has 1 N–H and O–H groups in total. The van der Waals surface area contributed by atoms with E-state index in [1.54, 1.807) is 18.3 Å². The highest BCUT2D eigenvalue weighted by Gasteiger charge is 2.40. The molecule has 0 spiro atoms. The van der Waals surface area contributed by atoms with Crippen LogP contribution in [0.4, 0.5) is 11.6 Å². The van der Waals surface area contributed by atoms with Crippen LogP contribution >= 0.6 is 0 Å². The van der Waals surface area contributed by atoms with Gasteiger partial charge in [0.25, 0.3) is 0 Å². The standard InChI is InChI=1S/C36H50N6O2Si2/c1-35(2,3)45(7,8)43-22-29(23-44-46(9,10)36(4,5)6)42-24-39-31-18-27(13-14-32(31)42)30-19-28(26-11-12-26)20-34(40-30)41-33-17-25(21-37)15-16-38-33/h13-20,24,26,29H,11-12,22-23H2,1-10H3,(H,38,40,41). The van der Waals surface area contributed by atoms with Crippen LogP contribution in [0, 0.1) is 11.3 Å². The molecule has 1 saturated carbocycles. The predicted molar refractivity (Wildman–Crippen MR) is 193 cm³/mol. The zero-order valence-electron chi connectivity index (χ0n) is 29.2. The Labute approximate surface area is 276 Å². The van der Waals surface area contributed by atoms with Gasteiger partial charge in [0.15, 0.2) is 16.6 Å². The van der Waals surface area contributed by atoms with Crippen LogP contribution in [0.2, 0.25) is 36.3 Å². The van der Waals surface area contributed by atoms with Crippen molar-refractivity contribution in [1.29, 1.82) is 5.26 Å². The van der Waals surface area contributed by atoms with E-state index in [1.165, 1.54) is 18.4 Å². The number of rotatable bonds is 11. The first-order chi connectivity index (χ1) is 21.5. The minimum atomic E-state index is -1.97. The van der Waals surface area contributed by atoms with Crippen LogP contribution in [-0.4, -0.2) is 49.4 Å². The van der Waals surface area contributed by atoms with E-state index in [0.29, 0.717) is 30.5 Å². The lowest BCUT2D eigenvalue weighted by molar-refractivity contribution is 0.163. The number of hydrogen-bond acceptors (Lipinski definition) is 7. The predicted octanol–water partition coefficient (Wildman–Crippen LogP) is 9.57. The van der Waals surface area contributed by atoms with Crippen LogP contribution in [0.5, 0.6) is 0 Å². The summed E-state index contributed by atoms with van der Waals surface area (Å²) >= 11 is 0. The summed E-state index contributed by atoms with van der Waals surface area (Å²) in [6, 6.07) is 16.3.